The topological polar surface area (TPSA) is 51.1 Å². The van der Waals surface area contributed by atoms with Gasteiger partial charge in [0.15, 0.2) is 0 Å². The van der Waals surface area contributed by atoms with E-state index in [1.54, 1.807) is 13.4 Å². The number of nitrogens with zero attached hydrogens (tertiary/aromatic N) is 4. The fourth-order valence-electron chi connectivity index (χ4n) is 3.48. The zero-order valence-electron chi connectivity index (χ0n) is 14.9. The first-order valence-electron chi connectivity index (χ1n) is 8.92. The van der Waals surface area contributed by atoms with Crippen molar-refractivity contribution < 1.29 is 4.74 Å². The third-order valence-corrected chi connectivity index (χ3v) is 4.90. The summed E-state index contributed by atoms with van der Waals surface area (Å²) in [6, 6.07) is 12.4. The maximum Gasteiger partial charge on any atom is 0.118 e. The highest BCUT2D eigenvalue weighted by molar-refractivity contribution is 5.63. The minimum Gasteiger partial charge on any atom is -0.497 e. The molecule has 0 aliphatic carbocycles. The SMILES string of the molecule is COc1ccc(CN2CCc3ncnc(-c4ccncc4)c3CC2)cc1. The van der Waals surface area contributed by atoms with Crippen LogP contribution in [0.25, 0.3) is 11.3 Å². The molecule has 132 valence electrons. The maximum atomic E-state index is 5.24. The van der Waals surface area contributed by atoms with Crippen LogP contribution in [0.5, 0.6) is 5.75 Å². The van der Waals surface area contributed by atoms with Gasteiger partial charge in [0.05, 0.1) is 12.8 Å². The molecule has 0 N–H and O–H groups in total. The van der Waals surface area contributed by atoms with Crippen LogP contribution in [0.4, 0.5) is 0 Å². The molecule has 0 unspecified atom stereocenters. The number of methoxy groups -OCH3 is 1. The lowest BCUT2D eigenvalue weighted by Crippen LogP contribution is -2.25. The number of hydrogen-bond donors (Lipinski definition) is 0. The van der Waals surface area contributed by atoms with Crippen LogP contribution in [-0.2, 0) is 19.4 Å². The van der Waals surface area contributed by atoms with Crippen LogP contribution in [0.15, 0.2) is 55.1 Å². The normalized spacial score (nSPS) is 14.5. The summed E-state index contributed by atoms with van der Waals surface area (Å²) in [7, 11) is 1.70. The standard InChI is InChI=1S/C21H22N4O/c1-26-18-4-2-16(3-5-18)14-25-12-8-19-20(9-13-25)23-15-24-21(19)17-6-10-22-11-7-17/h2-7,10-11,15H,8-9,12-14H2,1H3. The van der Waals surface area contributed by atoms with Crippen LogP contribution in [0.2, 0.25) is 0 Å². The summed E-state index contributed by atoms with van der Waals surface area (Å²) in [4.78, 5) is 15.7. The van der Waals surface area contributed by atoms with E-state index in [4.69, 9.17) is 4.74 Å². The van der Waals surface area contributed by atoms with Gasteiger partial charge in [-0.05, 0) is 36.2 Å². The molecule has 1 aliphatic rings. The second kappa shape index (κ2) is 7.62. The van der Waals surface area contributed by atoms with Crippen molar-refractivity contribution in [3.63, 3.8) is 0 Å². The van der Waals surface area contributed by atoms with E-state index in [0.717, 1.165) is 49.5 Å². The minimum atomic E-state index is 0.897. The van der Waals surface area contributed by atoms with E-state index >= 15 is 0 Å². The van der Waals surface area contributed by atoms with E-state index in [1.807, 2.05) is 36.7 Å². The van der Waals surface area contributed by atoms with Gasteiger partial charge in [0.1, 0.15) is 12.1 Å². The Bertz CT molecular complexity index is 865. The van der Waals surface area contributed by atoms with E-state index in [9.17, 15) is 0 Å². The number of aromatic nitrogens is 3. The fourth-order valence-corrected chi connectivity index (χ4v) is 3.48. The Kier molecular flexibility index (Phi) is 4.88. The molecule has 0 bridgehead atoms. The molecule has 0 atom stereocenters. The summed E-state index contributed by atoms with van der Waals surface area (Å²) >= 11 is 0. The molecular weight excluding hydrogens is 324 g/mol. The average Bonchev–Trinajstić information content (AvgIpc) is 2.92. The lowest BCUT2D eigenvalue weighted by molar-refractivity contribution is 0.279. The molecule has 3 heterocycles. The van der Waals surface area contributed by atoms with Gasteiger partial charge in [-0.1, -0.05) is 12.1 Å². The van der Waals surface area contributed by atoms with Crippen LogP contribution in [0, 0.1) is 0 Å². The number of ether oxygens (including phenoxy) is 1. The molecular formula is C21H22N4O. The fraction of sp³-hybridized carbons (Fsp3) is 0.286. The molecule has 0 saturated heterocycles. The zero-order valence-corrected chi connectivity index (χ0v) is 14.9. The van der Waals surface area contributed by atoms with Crippen molar-refractivity contribution in [2.24, 2.45) is 0 Å². The molecule has 5 nitrogen and oxygen atoms in total. The van der Waals surface area contributed by atoms with Crippen LogP contribution in [-0.4, -0.2) is 40.1 Å². The molecule has 4 rings (SSSR count). The highest BCUT2D eigenvalue weighted by atomic mass is 16.5. The summed E-state index contributed by atoms with van der Waals surface area (Å²) in [6.45, 7) is 2.95. The summed E-state index contributed by atoms with van der Waals surface area (Å²) in [5.74, 6) is 0.897. The van der Waals surface area contributed by atoms with Crippen molar-refractivity contribution in [3.05, 3.63) is 71.9 Å². The Morgan fingerprint density at radius 1 is 0.962 bits per heavy atom. The van der Waals surface area contributed by atoms with E-state index < -0.39 is 0 Å². The lowest BCUT2D eigenvalue weighted by Gasteiger charge is -2.19. The first-order valence-corrected chi connectivity index (χ1v) is 8.92. The quantitative estimate of drug-likeness (QED) is 0.726. The summed E-state index contributed by atoms with van der Waals surface area (Å²) < 4.78 is 5.24. The monoisotopic (exact) mass is 346 g/mol. The molecule has 0 spiro atoms. The van der Waals surface area contributed by atoms with Gasteiger partial charge in [-0.25, -0.2) is 9.97 Å². The van der Waals surface area contributed by atoms with Crippen molar-refractivity contribution in [3.8, 4) is 17.0 Å². The number of fused-ring (bicyclic) bond motifs is 1. The average molecular weight is 346 g/mol. The van der Waals surface area contributed by atoms with E-state index in [0.29, 0.717) is 0 Å². The first-order chi connectivity index (χ1) is 12.8. The van der Waals surface area contributed by atoms with Crippen LogP contribution in [0.3, 0.4) is 0 Å². The van der Waals surface area contributed by atoms with Crippen LogP contribution >= 0.6 is 0 Å². The smallest absolute Gasteiger partial charge is 0.118 e. The molecule has 1 aromatic carbocycles. The molecule has 3 aromatic rings. The van der Waals surface area contributed by atoms with Crippen molar-refractivity contribution in [1.82, 2.24) is 19.9 Å². The predicted octanol–water partition coefficient (Wildman–Crippen LogP) is 3.15. The lowest BCUT2D eigenvalue weighted by atomic mass is 10.0. The van der Waals surface area contributed by atoms with E-state index in [2.05, 4.69) is 32.0 Å². The highest BCUT2D eigenvalue weighted by Crippen LogP contribution is 2.25. The summed E-state index contributed by atoms with van der Waals surface area (Å²) in [6.07, 6.45) is 7.23. The second-order valence-electron chi connectivity index (χ2n) is 6.51. The summed E-state index contributed by atoms with van der Waals surface area (Å²) in [5, 5.41) is 0. The van der Waals surface area contributed by atoms with Gasteiger partial charge in [0, 0.05) is 55.3 Å². The molecule has 0 radical (unpaired) electrons. The van der Waals surface area contributed by atoms with Gasteiger partial charge < -0.3 is 4.74 Å². The largest absolute Gasteiger partial charge is 0.497 e. The van der Waals surface area contributed by atoms with Gasteiger partial charge in [-0.2, -0.15) is 0 Å². The Morgan fingerprint density at radius 2 is 1.73 bits per heavy atom. The Balaban J connectivity index is 1.52. The minimum absolute atomic E-state index is 0.897. The van der Waals surface area contributed by atoms with Crippen molar-refractivity contribution >= 4 is 0 Å². The molecule has 0 amide bonds. The Hall–Kier alpha value is -2.79. The van der Waals surface area contributed by atoms with Crippen molar-refractivity contribution in [2.75, 3.05) is 20.2 Å². The highest BCUT2D eigenvalue weighted by Gasteiger charge is 2.19. The van der Waals surface area contributed by atoms with Gasteiger partial charge in [0.2, 0.25) is 0 Å². The Labute approximate surface area is 153 Å². The zero-order chi connectivity index (χ0) is 17.8. The summed E-state index contributed by atoms with van der Waals surface area (Å²) in [5.41, 5.74) is 5.91. The van der Waals surface area contributed by atoms with Crippen LogP contribution in [0.1, 0.15) is 16.8 Å². The van der Waals surface area contributed by atoms with Crippen LogP contribution < -0.4 is 4.74 Å². The van der Waals surface area contributed by atoms with Gasteiger partial charge in [-0.15, -0.1) is 0 Å². The van der Waals surface area contributed by atoms with Crippen molar-refractivity contribution in [1.29, 1.82) is 0 Å². The van der Waals surface area contributed by atoms with Gasteiger partial charge >= 0.3 is 0 Å². The molecule has 5 heteroatoms. The number of pyridine rings is 1. The number of benzene rings is 1. The molecule has 1 aliphatic heterocycles. The third-order valence-electron chi connectivity index (χ3n) is 4.90. The number of rotatable bonds is 4. The maximum absolute atomic E-state index is 5.24. The number of hydrogen-bond acceptors (Lipinski definition) is 5. The molecule has 0 saturated carbocycles. The third kappa shape index (κ3) is 3.58. The Morgan fingerprint density at radius 3 is 2.50 bits per heavy atom. The molecule has 0 fully saturated rings. The van der Waals surface area contributed by atoms with Crippen molar-refractivity contribution in [2.45, 2.75) is 19.4 Å². The first kappa shape index (κ1) is 16.7. The predicted molar refractivity (Wildman–Crippen MR) is 101 cm³/mol. The second-order valence-corrected chi connectivity index (χ2v) is 6.51. The van der Waals surface area contributed by atoms with Gasteiger partial charge in [-0.3, -0.25) is 9.88 Å². The molecule has 26 heavy (non-hydrogen) atoms. The van der Waals surface area contributed by atoms with E-state index in [-0.39, 0.29) is 0 Å². The van der Waals surface area contributed by atoms with E-state index in [1.165, 1.54) is 16.8 Å². The molecule has 2 aromatic heterocycles. The van der Waals surface area contributed by atoms with Gasteiger partial charge in [0.25, 0.3) is 0 Å².